The van der Waals surface area contributed by atoms with Gasteiger partial charge in [-0.15, -0.1) is 11.3 Å². The number of carbonyl (C=O) groups is 1. The van der Waals surface area contributed by atoms with Gasteiger partial charge < -0.3 is 29.9 Å². The molecular weight excluding hydrogens is 484 g/mol. The van der Waals surface area contributed by atoms with E-state index in [0.717, 1.165) is 30.1 Å². The van der Waals surface area contributed by atoms with Crippen molar-refractivity contribution < 1.29 is 29.0 Å². The highest BCUT2D eigenvalue weighted by atomic mass is 32.1. The number of nitrogens with two attached hydrogens (primary N) is 1. The molecule has 1 aromatic carbocycles. The van der Waals surface area contributed by atoms with E-state index in [1.807, 2.05) is 13.0 Å². The molecule has 11 heteroatoms. The van der Waals surface area contributed by atoms with E-state index < -0.39 is 18.1 Å². The summed E-state index contributed by atoms with van der Waals surface area (Å²) < 4.78 is 16.8. The predicted molar refractivity (Wildman–Crippen MR) is 137 cm³/mol. The Bertz CT molecular complexity index is 1170. The van der Waals surface area contributed by atoms with Crippen molar-refractivity contribution in [2.45, 2.75) is 52.9 Å². The molecule has 0 fully saturated rings. The Morgan fingerprint density at radius 2 is 1.92 bits per heavy atom. The third-order valence-corrected chi connectivity index (χ3v) is 7.09. The quantitative estimate of drug-likeness (QED) is 0.311. The Morgan fingerprint density at radius 1 is 1.19 bits per heavy atom. The molecule has 3 aromatic rings. The van der Waals surface area contributed by atoms with Crippen molar-refractivity contribution in [2.24, 2.45) is 5.73 Å². The average molecular weight is 519 g/mol. The highest BCUT2D eigenvalue weighted by molar-refractivity contribution is 7.15. The van der Waals surface area contributed by atoms with Gasteiger partial charge in [-0.1, -0.05) is 19.0 Å². The second-order valence-electron chi connectivity index (χ2n) is 8.54. The van der Waals surface area contributed by atoms with Gasteiger partial charge in [-0.25, -0.2) is 0 Å². The number of aromatic nitrogens is 2. The lowest BCUT2D eigenvalue weighted by molar-refractivity contribution is -0.127. The van der Waals surface area contributed by atoms with E-state index in [0.29, 0.717) is 28.8 Å². The van der Waals surface area contributed by atoms with Crippen LogP contribution < -0.4 is 15.2 Å². The number of carbonyl (C=O) groups excluding carboxylic acids is 1. The van der Waals surface area contributed by atoms with E-state index in [9.17, 15) is 15.0 Å². The van der Waals surface area contributed by atoms with Crippen LogP contribution in [0, 0.1) is 13.8 Å². The lowest BCUT2D eigenvalue weighted by atomic mass is 10.1. The number of aryl methyl sites for hydroxylation is 2. The molecule has 196 valence electrons. The standard InChI is InChI=1S/C25H34N4O6S/c1-6-29(7-2)12-21-14(3)9-20(36-21)25-27-24(28-35-25)16-8-15(4)22(19(10-16)33-5)34-13-17(30)11-18(31)23(26)32/h8-10,17-18,30-31H,6-7,11-13H2,1-5H3,(H2,26,32)/t17-,18?/m0/s1. The van der Waals surface area contributed by atoms with E-state index in [4.69, 9.17) is 19.7 Å². The van der Waals surface area contributed by atoms with E-state index in [2.05, 4.69) is 41.9 Å². The topological polar surface area (TPSA) is 144 Å². The molecule has 0 saturated heterocycles. The Labute approximate surface area is 214 Å². The molecule has 0 aliphatic carbocycles. The normalized spacial score (nSPS) is 13.1. The summed E-state index contributed by atoms with van der Waals surface area (Å²) in [6.07, 6.45) is -2.75. The zero-order valence-corrected chi connectivity index (χ0v) is 22.1. The summed E-state index contributed by atoms with van der Waals surface area (Å²) in [4.78, 5) is 20.2. The number of aliphatic hydroxyl groups excluding tert-OH is 2. The third kappa shape index (κ3) is 6.61. The van der Waals surface area contributed by atoms with Crippen molar-refractivity contribution in [2.75, 3.05) is 26.8 Å². The van der Waals surface area contributed by atoms with Gasteiger partial charge in [-0.2, -0.15) is 4.98 Å². The SMILES string of the molecule is CCN(CC)Cc1sc(-c2nc(-c3cc(C)c(OC[C@@H](O)CC(O)C(N)=O)c(OC)c3)no2)cc1C. The summed E-state index contributed by atoms with van der Waals surface area (Å²) in [6, 6.07) is 5.64. The second-order valence-corrected chi connectivity index (χ2v) is 9.68. The lowest BCUT2D eigenvalue weighted by Gasteiger charge is -2.18. The van der Waals surface area contributed by atoms with E-state index >= 15 is 0 Å². The number of nitrogens with zero attached hydrogens (tertiary/aromatic N) is 3. The van der Waals surface area contributed by atoms with Gasteiger partial charge >= 0.3 is 0 Å². The van der Waals surface area contributed by atoms with Crippen molar-refractivity contribution in [3.05, 3.63) is 34.2 Å². The molecule has 1 unspecified atom stereocenters. The fraction of sp³-hybridized carbons (Fsp3) is 0.480. The number of thiophene rings is 1. The Kier molecular flexibility index (Phi) is 9.43. The maximum Gasteiger partial charge on any atom is 0.268 e. The molecule has 0 spiro atoms. The van der Waals surface area contributed by atoms with Crippen LogP contribution in [0.3, 0.4) is 0 Å². The first-order chi connectivity index (χ1) is 17.2. The number of rotatable bonds is 13. The van der Waals surface area contributed by atoms with Crippen LogP contribution in [-0.4, -0.2) is 70.2 Å². The van der Waals surface area contributed by atoms with E-state index in [1.54, 1.807) is 17.4 Å². The third-order valence-electron chi connectivity index (χ3n) is 5.88. The van der Waals surface area contributed by atoms with Crippen molar-refractivity contribution in [3.63, 3.8) is 0 Å². The largest absolute Gasteiger partial charge is 0.493 e. The van der Waals surface area contributed by atoms with Gasteiger partial charge in [0.1, 0.15) is 12.7 Å². The highest BCUT2D eigenvalue weighted by Crippen LogP contribution is 2.37. The van der Waals surface area contributed by atoms with Crippen LogP contribution in [0.5, 0.6) is 11.5 Å². The molecule has 2 atom stereocenters. The Morgan fingerprint density at radius 3 is 2.56 bits per heavy atom. The molecule has 3 rings (SSSR count). The molecule has 1 amide bonds. The van der Waals surface area contributed by atoms with Crippen LogP contribution in [-0.2, 0) is 11.3 Å². The van der Waals surface area contributed by atoms with Crippen LogP contribution in [0.1, 0.15) is 36.3 Å². The van der Waals surface area contributed by atoms with Gasteiger partial charge in [0, 0.05) is 23.4 Å². The van der Waals surface area contributed by atoms with Crippen molar-refractivity contribution in [1.82, 2.24) is 15.0 Å². The first kappa shape index (κ1) is 27.6. The molecule has 2 heterocycles. The van der Waals surface area contributed by atoms with Crippen LogP contribution in [0.25, 0.3) is 22.2 Å². The molecule has 2 aromatic heterocycles. The van der Waals surface area contributed by atoms with Gasteiger partial charge in [0.25, 0.3) is 5.89 Å². The fourth-order valence-electron chi connectivity index (χ4n) is 3.70. The van der Waals surface area contributed by atoms with Gasteiger partial charge in [-0.05, 0) is 56.3 Å². The number of methoxy groups -OCH3 is 1. The van der Waals surface area contributed by atoms with Gasteiger partial charge in [0.15, 0.2) is 11.5 Å². The maximum atomic E-state index is 11.0. The number of aliphatic hydroxyl groups is 2. The summed E-state index contributed by atoms with van der Waals surface area (Å²) in [5.41, 5.74) is 7.65. The van der Waals surface area contributed by atoms with Crippen molar-refractivity contribution in [3.8, 4) is 33.7 Å². The second kappa shape index (κ2) is 12.3. The first-order valence-electron chi connectivity index (χ1n) is 11.8. The number of amides is 1. The average Bonchev–Trinajstić information content (AvgIpc) is 3.48. The molecule has 10 nitrogen and oxygen atoms in total. The van der Waals surface area contributed by atoms with E-state index in [1.165, 1.54) is 17.6 Å². The van der Waals surface area contributed by atoms with Crippen molar-refractivity contribution >= 4 is 17.2 Å². The molecule has 0 aliphatic heterocycles. The van der Waals surface area contributed by atoms with Crippen LogP contribution in [0.15, 0.2) is 22.7 Å². The summed E-state index contributed by atoms with van der Waals surface area (Å²) in [7, 11) is 1.51. The first-order valence-corrected chi connectivity index (χ1v) is 12.6. The van der Waals surface area contributed by atoms with Gasteiger partial charge in [0.05, 0.1) is 18.1 Å². The zero-order chi connectivity index (χ0) is 26.4. The van der Waals surface area contributed by atoms with Gasteiger partial charge in [0.2, 0.25) is 11.7 Å². The molecular formula is C25H34N4O6S. The predicted octanol–water partition coefficient (Wildman–Crippen LogP) is 2.91. The van der Waals surface area contributed by atoms with E-state index in [-0.39, 0.29) is 13.0 Å². The number of primary amides is 1. The molecule has 0 bridgehead atoms. The monoisotopic (exact) mass is 518 g/mol. The lowest BCUT2D eigenvalue weighted by Crippen LogP contribution is -2.33. The molecule has 36 heavy (non-hydrogen) atoms. The van der Waals surface area contributed by atoms with Crippen LogP contribution >= 0.6 is 11.3 Å². The molecule has 0 saturated carbocycles. The number of benzene rings is 1. The minimum Gasteiger partial charge on any atom is -0.493 e. The summed E-state index contributed by atoms with van der Waals surface area (Å²) >= 11 is 1.66. The minimum atomic E-state index is -1.44. The fourth-order valence-corrected chi connectivity index (χ4v) is 4.84. The summed E-state index contributed by atoms with van der Waals surface area (Å²) in [6.45, 7) is 10.9. The molecule has 4 N–H and O–H groups in total. The van der Waals surface area contributed by atoms with Crippen LogP contribution in [0.2, 0.25) is 0 Å². The molecule has 0 radical (unpaired) electrons. The smallest absolute Gasteiger partial charge is 0.268 e. The Hall–Kier alpha value is -2.99. The van der Waals surface area contributed by atoms with Gasteiger partial charge in [-0.3, -0.25) is 9.69 Å². The Balaban J connectivity index is 1.77. The zero-order valence-electron chi connectivity index (χ0n) is 21.3. The summed E-state index contributed by atoms with van der Waals surface area (Å²) in [5, 5.41) is 23.8. The maximum absolute atomic E-state index is 11.0. The summed E-state index contributed by atoms with van der Waals surface area (Å²) in [5.74, 6) is 0.820. The minimum absolute atomic E-state index is 0.152. The molecule has 0 aliphatic rings. The number of hydrogen-bond acceptors (Lipinski definition) is 10. The number of hydrogen-bond donors (Lipinski definition) is 3. The highest BCUT2D eigenvalue weighted by Gasteiger charge is 2.21. The van der Waals surface area contributed by atoms with Crippen LogP contribution in [0.4, 0.5) is 0 Å². The number of ether oxygens (including phenoxy) is 2. The van der Waals surface area contributed by atoms with Crippen molar-refractivity contribution in [1.29, 1.82) is 0 Å².